The second kappa shape index (κ2) is 6.63. The van der Waals surface area contributed by atoms with Crippen molar-refractivity contribution in [2.45, 2.75) is 30.2 Å². The van der Waals surface area contributed by atoms with Crippen LogP contribution in [0.3, 0.4) is 0 Å². The van der Waals surface area contributed by atoms with E-state index >= 15 is 0 Å². The van der Waals surface area contributed by atoms with Gasteiger partial charge in [0.25, 0.3) is 0 Å². The number of aliphatic hydroxyl groups is 1. The summed E-state index contributed by atoms with van der Waals surface area (Å²) in [6.07, 6.45) is 3.21. The molecule has 4 nitrogen and oxygen atoms in total. The van der Waals surface area contributed by atoms with E-state index in [-0.39, 0.29) is 6.10 Å². The summed E-state index contributed by atoms with van der Waals surface area (Å²) in [6.45, 7) is 2.31. The Kier molecular flexibility index (Phi) is 4.87. The van der Waals surface area contributed by atoms with Crippen molar-refractivity contribution < 1.29 is 9.84 Å². The molecule has 0 saturated carbocycles. The molecular weight excluding hydrogens is 260 g/mol. The Morgan fingerprint density at radius 3 is 2.74 bits per heavy atom. The minimum Gasteiger partial charge on any atom is -0.496 e. The van der Waals surface area contributed by atoms with Crippen LogP contribution in [-0.2, 0) is 12.3 Å². The molecule has 2 aliphatic rings. The predicted molar refractivity (Wildman–Crippen MR) is 76.5 cm³/mol. The fourth-order valence-corrected chi connectivity index (χ4v) is 2.71. The molecule has 2 aromatic rings. The number of nitrogens with zero attached hydrogens (tertiary/aromatic N) is 2. The third-order valence-corrected chi connectivity index (χ3v) is 3.76. The van der Waals surface area contributed by atoms with Gasteiger partial charge in [0, 0.05) is 23.0 Å². The SMILES string of the molecule is CC(O)Cn1cccn1.COc1cc2ccc1SC2. The maximum absolute atomic E-state index is 8.86. The Morgan fingerprint density at radius 2 is 2.37 bits per heavy atom. The highest BCUT2D eigenvalue weighted by Gasteiger charge is 2.10. The Balaban J connectivity index is 0.000000141. The van der Waals surface area contributed by atoms with Crippen LogP contribution >= 0.6 is 11.8 Å². The monoisotopic (exact) mass is 278 g/mol. The van der Waals surface area contributed by atoms with Crippen molar-refractivity contribution in [2.24, 2.45) is 0 Å². The van der Waals surface area contributed by atoms with E-state index in [1.807, 2.05) is 24.0 Å². The fourth-order valence-electron chi connectivity index (χ4n) is 1.76. The Labute approximate surface area is 117 Å². The average molecular weight is 278 g/mol. The highest BCUT2D eigenvalue weighted by Crippen LogP contribution is 2.37. The summed E-state index contributed by atoms with van der Waals surface area (Å²) >= 11 is 1.85. The lowest BCUT2D eigenvalue weighted by Crippen LogP contribution is -2.11. The second-order valence-electron chi connectivity index (χ2n) is 4.35. The molecule has 0 radical (unpaired) electrons. The normalized spacial score (nSPS) is 13.6. The maximum atomic E-state index is 8.86. The molecule has 0 saturated heterocycles. The molecular formula is C14H18N2O2S. The first-order valence-electron chi connectivity index (χ1n) is 6.14. The number of methoxy groups -OCH3 is 1. The van der Waals surface area contributed by atoms with E-state index in [1.165, 1.54) is 10.5 Å². The van der Waals surface area contributed by atoms with Crippen LogP contribution in [0.25, 0.3) is 0 Å². The van der Waals surface area contributed by atoms with Gasteiger partial charge in [-0.15, -0.1) is 11.8 Å². The quantitative estimate of drug-likeness (QED) is 0.937. The maximum Gasteiger partial charge on any atom is 0.132 e. The number of benzene rings is 1. The first-order chi connectivity index (χ1) is 9.19. The van der Waals surface area contributed by atoms with Crippen molar-refractivity contribution in [1.82, 2.24) is 9.78 Å². The molecule has 4 rings (SSSR count). The third-order valence-electron chi connectivity index (χ3n) is 2.63. The number of aromatic nitrogens is 2. The molecule has 102 valence electrons. The molecule has 19 heavy (non-hydrogen) atoms. The highest BCUT2D eigenvalue weighted by molar-refractivity contribution is 7.98. The van der Waals surface area contributed by atoms with Gasteiger partial charge in [-0.25, -0.2) is 0 Å². The van der Waals surface area contributed by atoms with E-state index in [0.717, 1.165) is 11.5 Å². The number of fused-ring (bicyclic) bond motifs is 3. The molecule has 5 heteroatoms. The third kappa shape index (κ3) is 4.01. The number of hydrogen-bond acceptors (Lipinski definition) is 4. The number of aliphatic hydroxyl groups excluding tert-OH is 1. The molecule has 2 bridgehead atoms. The summed E-state index contributed by atoms with van der Waals surface area (Å²) in [5, 5.41) is 12.8. The van der Waals surface area contributed by atoms with Gasteiger partial charge in [-0.2, -0.15) is 5.10 Å². The van der Waals surface area contributed by atoms with Crippen LogP contribution in [-0.4, -0.2) is 28.1 Å². The average Bonchev–Trinajstić information content (AvgIpc) is 2.92. The number of rotatable bonds is 3. The molecule has 1 N–H and O–H groups in total. The summed E-state index contributed by atoms with van der Waals surface area (Å²) in [5.74, 6) is 2.13. The van der Waals surface area contributed by atoms with Crippen LogP contribution in [0, 0.1) is 0 Å². The van der Waals surface area contributed by atoms with E-state index < -0.39 is 0 Å². The van der Waals surface area contributed by atoms with Crippen molar-refractivity contribution in [3.8, 4) is 5.75 Å². The van der Waals surface area contributed by atoms with Gasteiger partial charge >= 0.3 is 0 Å². The smallest absolute Gasteiger partial charge is 0.132 e. The minimum atomic E-state index is -0.315. The Hall–Kier alpha value is -1.46. The number of thioether (sulfide) groups is 1. The van der Waals surface area contributed by atoms with Gasteiger partial charge in [0.1, 0.15) is 5.75 Å². The van der Waals surface area contributed by atoms with E-state index in [2.05, 4.69) is 23.3 Å². The molecule has 3 heterocycles. The van der Waals surface area contributed by atoms with E-state index in [4.69, 9.17) is 9.84 Å². The summed E-state index contributed by atoms with van der Waals surface area (Å²) in [4.78, 5) is 1.26. The van der Waals surface area contributed by atoms with Gasteiger partial charge in [0.05, 0.1) is 19.8 Å². The van der Waals surface area contributed by atoms with Gasteiger partial charge < -0.3 is 9.84 Å². The van der Waals surface area contributed by atoms with E-state index in [9.17, 15) is 0 Å². The lowest BCUT2D eigenvalue weighted by Gasteiger charge is -2.15. The van der Waals surface area contributed by atoms with Crippen LogP contribution in [0.4, 0.5) is 0 Å². The molecule has 0 aliphatic carbocycles. The zero-order valence-corrected chi connectivity index (χ0v) is 11.9. The lowest BCUT2D eigenvalue weighted by molar-refractivity contribution is 0.168. The molecule has 0 amide bonds. The Morgan fingerprint density at radius 1 is 1.53 bits per heavy atom. The largest absolute Gasteiger partial charge is 0.496 e. The van der Waals surface area contributed by atoms with Crippen LogP contribution in [0.5, 0.6) is 5.75 Å². The summed E-state index contributed by atoms with van der Waals surface area (Å²) < 4.78 is 6.86. The molecule has 1 unspecified atom stereocenters. The van der Waals surface area contributed by atoms with E-state index in [1.54, 1.807) is 24.9 Å². The van der Waals surface area contributed by atoms with Gasteiger partial charge in [-0.3, -0.25) is 4.68 Å². The molecule has 2 aliphatic heterocycles. The van der Waals surface area contributed by atoms with Crippen LogP contribution in [0.1, 0.15) is 12.5 Å². The fraction of sp³-hybridized carbons (Fsp3) is 0.357. The Bertz CT molecular complexity index is 512. The zero-order valence-electron chi connectivity index (χ0n) is 11.1. The van der Waals surface area contributed by atoms with Crippen molar-refractivity contribution in [3.63, 3.8) is 0 Å². The van der Waals surface area contributed by atoms with Crippen LogP contribution in [0.2, 0.25) is 0 Å². The van der Waals surface area contributed by atoms with Crippen LogP contribution < -0.4 is 4.74 Å². The molecule has 1 aromatic heterocycles. The zero-order chi connectivity index (χ0) is 13.7. The lowest BCUT2D eigenvalue weighted by atomic mass is 10.2. The van der Waals surface area contributed by atoms with Gasteiger partial charge in [-0.1, -0.05) is 6.07 Å². The standard InChI is InChI=1S/C8H8OS.C6H10N2O/c1-9-7-4-6-2-3-8(7)10-5-6;1-6(9)5-8-4-2-3-7-8/h2-4H,5H2,1H3;2-4,6,9H,5H2,1H3. The second-order valence-corrected chi connectivity index (χ2v) is 5.37. The molecule has 1 aromatic carbocycles. The molecule has 1 atom stereocenters. The van der Waals surface area contributed by atoms with Gasteiger partial charge in [0.2, 0.25) is 0 Å². The van der Waals surface area contributed by atoms with Crippen molar-refractivity contribution in [1.29, 1.82) is 0 Å². The number of hydrogen-bond donors (Lipinski definition) is 1. The van der Waals surface area contributed by atoms with Gasteiger partial charge in [-0.05, 0) is 30.7 Å². The van der Waals surface area contributed by atoms with Gasteiger partial charge in [0.15, 0.2) is 0 Å². The van der Waals surface area contributed by atoms with Crippen molar-refractivity contribution in [2.75, 3.05) is 7.11 Å². The number of ether oxygens (including phenoxy) is 1. The summed E-state index contributed by atoms with van der Waals surface area (Å²) in [5.41, 5.74) is 1.36. The minimum absolute atomic E-state index is 0.315. The first-order valence-corrected chi connectivity index (χ1v) is 7.13. The van der Waals surface area contributed by atoms with Crippen molar-refractivity contribution in [3.05, 3.63) is 42.2 Å². The molecule has 0 fully saturated rings. The van der Waals surface area contributed by atoms with Crippen molar-refractivity contribution >= 4 is 11.8 Å². The van der Waals surface area contributed by atoms with Crippen LogP contribution in [0.15, 0.2) is 41.6 Å². The first kappa shape index (κ1) is 14.0. The van der Waals surface area contributed by atoms with E-state index in [0.29, 0.717) is 6.54 Å². The molecule has 0 spiro atoms. The highest BCUT2D eigenvalue weighted by atomic mass is 32.2. The predicted octanol–water partition coefficient (Wildman–Crippen LogP) is 2.56. The summed E-state index contributed by atoms with van der Waals surface area (Å²) in [7, 11) is 1.72. The topological polar surface area (TPSA) is 47.3 Å². The summed E-state index contributed by atoms with van der Waals surface area (Å²) in [6, 6.07) is 8.20.